The quantitative estimate of drug-likeness (QED) is 0.724. The summed E-state index contributed by atoms with van der Waals surface area (Å²) in [4.78, 5) is 14.6. The van der Waals surface area contributed by atoms with Crippen LogP contribution in [0.4, 0.5) is 0 Å². The zero-order valence-electron chi connectivity index (χ0n) is 10.2. The van der Waals surface area contributed by atoms with Crippen molar-refractivity contribution < 1.29 is 4.79 Å². The van der Waals surface area contributed by atoms with Gasteiger partial charge in [0, 0.05) is 31.6 Å². The Balaban J connectivity index is 1.68. The van der Waals surface area contributed by atoms with Crippen LogP contribution in [-0.4, -0.2) is 41.5 Å². The van der Waals surface area contributed by atoms with Crippen LogP contribution < -0.4 is 11.1 Å². The fourth-order valence-electron chi connectivity index (χ4n) is 2.45. The zero-order chi connectivity index (χ0) is 12.3. The smallest absolute Gasteiger partial charge is 0.223 e. The maximum absolute atomic E-state index is 11.8. The molecule has 17 heavy (non-hydrogen) atoms. The molecule has 0 atom stereocenters. The first-order valence-electron chi connectivity index (χ1n) is 6.46. The van der Waals surface area contributed by atoms with Gasteiger partial charge in [0.2, 0.25) is 5.91 Å². The van der Waals surface area contributed by atoms with Gasteiger partial charge in [0.1, 0.15) is 0 Å². The van der Waals surface area contributed by atoms with Crippen LogP contribution >= 0.6 is 12.2 Å². The summed E-state index contributed by atoms with van der Waals surface area (Å²) >= 11 is 4.90. The van der Waals surface area contributed by atoms with E-state index in [1.165, 1.54) is 6.42 Å². The highest BCUT2D eigenvalue weighted by Gasteiger charge is 2.28. The second kappa shape index (κ2) is 5.78. The molecular formula is C12H21N3OS. The molecule has 0 aromatic rings. The van der Waals surface area contributed by atoms with E-state index in [4.69, 9.17) is 18.0 Å². The minimum Gasteiger partial charge on any atom is -0.392 e. The second-order valence-electron chi connectivity index (χ2n) is 5.15. The molecule has 0 unspecified atom stereocenters. The van der Waals surface area contributed by atoms with Gasteiger partial charge in [-0.2, -0.15) is 0 Å². The number of nitrogens with two attached hydrogens (primary N) is 1. The molecule has 0 bridgehead atoms. The third kappa shape index (κ3) is 3.64. The maximum atomic E-state index is 11.8. The van der Waals surface area contributed by atoms with Crippen LogP contribution in [0.1, 0.15) is 32.1 Å². The van der Waals surface area contributed by atoms with Crippen molar-refractivity contribution in [3.05, 3.63) is 0 Å². The van der Waals surface area contributed by atoms with Crippen LogP contribution in [0.25, 0.3) is 0 Å². The number of carbonyl (C=O) groups excluding carboxylic acids is 1. The van der Waals surface area contributed by atoms with Crippen molar-refractivity contribution in [1.29, 1.82) is 0 Å². The molecule has 4 nitrogen and oxygen atoms in total. The lowest BCUT2D eigenvalue weighted by atomic mass is 9.84. The molecule has 0 radical (unpaired) electrons. The fourth-order valence-corrected chi connectivity index (χ4v) is 2.63. The van der Waals surface area contributed by atoms with Gasteiger partial charge in [0.05, 0.1) is 4.99 Å². The number of nitrogens with zero attached hydrogens (tertiary/aromatic N) is 1. The zero-order valence-corrected chi connectivity index (χ0v) is 11.0. The van der Waals surface area contributed by atoms with Crippen molar-refractivity contribution >= 4 is 23.1 Å². The van der Waals surface area contributed by atoms with Crippen molar-refractivity contribution in [2.24, 2.45) is 11.7 Å². The molecule has 0 spiro atoms. The molecule has 1 saturated carbocycles. The topological polar surface area (TPSA) is 58.4 Å². The van der Waals surface area contributed by atoms with E-state index in [0.29, 0.717) is 23.5 Å². The van der Waals surface area contributed by atoms with Crippen LogP contribution in [0.15, 0.2) is 0 Å². The van der Waals surface area contributed by atoms with E-state index >= 15 is 0 Å². The van der Waals surface area contributed by atoms with Crippen LogP contribution in [0, 0.1) is 5.92 Å². The van der Waals surface area contributed by atoms with Gasteiger partial charge in [-0.15, -0.1) is 0 Å². The lowest BCUT2D eigenvalue weighted by Crippen LogP contribution is -2.48. The first-order valence-corrected chi connectivity index (χ1v) is 6.87. The van der Waals surface area contributed by atoms with Crippen molar-refractivity contribution in [2.45, 2.75) is 38.1 Å². The third-order valence-electron chi connectivity index (χ3n) is 3.79. The van der Waals surface area contributed by atoms with Gasteiger partial charge in [-0.3, -0.25) is 9.69 Å². The maximum Gasteiger partial charge on any atom is 0.223 e. The molecule has 2 aliphatic rings. The number of hydrogen-bond donors (Lipinski definition) is 2. The predicted octanol–water partition coefficient (Wildman–Crippen LogP) is 0.653. The van der Waals surface area contributed by atoms with Crippen molar-refractivity contribution in [1.82, 2.24) is 10.2 Å². The molecule has 5 heteroatoms. The normalized spacial score (nSPS) is 23.1. The summed E-state index contributed by atoms with van der Waals surface area (Å²) in [6, 6.07) is 0.352. The number of rotatable bonds is 4. The van der Waals surface area contributed by atoms with Gasteiger partial charge in [0.25, 0.3) is 0 Å². The van der Waals surface area contributed by atoms with Gasteiger partial charge in [0.15, 0.2) is 0 Å². The Morgan fingerprint density at radius 1 is 1.29 bits per heavy atom. The minimum absolute atomic E-state index is 0.268. The molecule has 1 saturated heterocycles. The van der Waals surface area contributed by atoms with Gasteiger partial charge >= 0.3 is 0 Å². The minimum atomic E-state index is 0.268. The summed E-state index contributed by atoms with van der Waals surface area (Å²) in [5, 5.41) is 3.16. The van der Waals surface area contributed by atoms with E-state index < -0.39 is 0 Å². The molecule has 1 aliphatic carbocycles. The van der Waals surface area contributed by atoms with Crippen LogP contribution in [0.2, 0.25) is 0 Å². The van der Waals surface area contributed by atoms with Gasteiger partial charge < -0.3 is 11.1 Å². The fraction of sp³-hybridized carbons (Fsp3) is 0.833. The van der Waals surface area contributed by atoms with E-state index in [1.807, 2.05) is 0 Å². The van der Waals surface area contributed by atoms with E-state index in [0.717, 1.165) is 38.8 Å². The van der Waals surface area contributed by atoms with Crippen LogP contribution in [0.5, 0.6) is 0 Å². The Hall–Kier alpha value is -0.680. The number of carbonyl (C=O) groups is 1. The number of thiocarbonyl (C=S) groups is 1. The first-order chi connectivity index (χ1) is 8.15. The summed E-state index contributed by atoms with van der Waals surface area (Å²) in [5.41, 5.74) is 5.52. The van der Waals surface area contributed by atoms with Crippen molar-refractivity contribution in [3.8, 4) is 0 Å². The van der Waals surface area contributed by atoms with E-state index in [-0.39, 0.29) is 5.91 Å². The first kappa shape index (κ1) is 12.8. The summed E-state index contributed by atoms with van der Waals surface area (Å²) in [5.74, 6) is 0.564. The van der Waals surface area contributed by atoms with Crippen LogP contribution in [0.3, 0.4) is 0 Å². The molecule has 1 heterocycles. The highest BCUT2D eigenvalue weighted by Crippen LogP contribution is 2.26. The van der Waals surface area contributed by atoms with E-state index in [1.54, 1.807) is 0 Å². The molecule has 1 amide bonds. The van der Waals surface area contributed by atoms with Gasteiger partial charge in [-0.1, -0.05) is 18.6 Å². The molecule has 0 aromatic carbocycles. The molecule has 3 N–H and O–H groups in total. The van der Waals surface area contributed by atoms with Gasteiger partial charge in [-0.25, -0.2) is 0 Å². The van der Waals surface area contributed by atoms with Gasteiger partial charge in [-0.05, 0) is 25.7 Å². The Morgan fingerprint density at radius 3 is 2.41 bits per heavy atom. The van der Waals surface area contributed by atoms with Crippen molar-refractivity contribution in [3.63, 3.8) is 0 Å². The average Bonchev–Trinajstić information content (AvgIpc) is 2.17. The standard InChI is InChI=1S/C12H21N3OS/c13-11(17)8-15-6-4-10(5-7-15)14-12(16)9-2-1-3-9/h9-10H,1-8H2,(H2,13,17)(H,14,16). The highest BCUT2D eigenvalue weighted by molar-refractivity contribution is 7.80. The number of piperidine rings is 1. The highest BCUT2D eigenvalue weighted by atomic mass is 32.1. The number of nitrogens with one attached hydrogen (secondary N) is 1. The largest absolute Gasteiger partial charge is 0.392 e. The Labute approximate surface area is 108 Å². The molecule has 0 aromatic heterocycles. The summed E-state index contributed by atoms with van der Waals surface area (Å²) in [7, 11) is 0. The van der Waals surface area contributed by atoms with E-state index in [2.05, 4.69) is 10.2 Å². The summed E-state index contributed by atoms with van der Waals surface area (Å²) < 4.78 is 0. The summed E-state index contributed by atoms with van der Waals surface area (Å²) in [6.45, 7) is 2.67. The third-order valence-corrected chi connectivity index (χ3v) is 3.92. The SMILES string of the molecule is NC(=S)CN1CCC(NC(=O)C2CCC2)CC1. The monoisotopic (exact) mass is 255 g/mol. The Morgan fingerprint density at radius 2 is 1.94 bits per heavy atom. The molecule has 2 fully saturated rings. The lowest BCUT2D eigenvalue weighted by molar-refractivity contribution is -0.128. The Kier molecular flexibility index (Phi) is 4.34. The molecule has 2 rings (SSSR count). The average molecular weight is 255 g/mol. The summed E-state index contributed by atoms with van der Waals surface area (Å²) in [6.07, 6.45) is 5.39. The number of amides is 1. The molecule has 96 valence electrons. The number of hydrogen-bond acceptors (Lipinski definition) is 3. The van der Waals surface area contributed by atoms with Crippen LogP contribution in [-0.2, 0) is 4.79 Å². The lowest BCUT2D eigenvalue weighted by Gasteiger charge is -2.33. The van der Waals surface area contributed by atoms with E-state index in [9.17, 15) is 4.79 Å². The molecular weight excluding hydrogens is 234 g/mol. The second-order valence-corrected chi connectivity index (χ2v) is 5.68. The number of likely N-dealkylation sites (tertiary alicyclic amines) is 1. The van der Waals surface area contributed by atoms with Crippen molar-refractivity contribution in [2.75, 3.05) is 19.6 Å². The Bertz CT molecular complexity index is 296. The predicted molar refractivity (Wildman–Crippen MR) is 71.7 cm³/mol. The molecule has 1 aliphatic heterocycles.